The minimum absolute atomic E-state index is 0.0279. The second-order valence-electron chi connectivity index (χ2n) is 3.41. The SMILES string of the molecule is CCNCCOc1cc(OC)c([N+](=O)[O-])cc1F. The van der Waals surface area contributed by atoms with Crippen LogP contribution in [0.25, 0.3) is 0 Å². The lowest BCUT2D eigenvalue weighted by atomic mass is 10.2. The van der Waals surface area contributed by atoms with Crippen molar-refractivity contribution in [2.45, 2.75) is 6.92 Å². The smallest absolute Gasteiger partial charge is 0.314 e. The summed E-state index contributed by atoms with van der Waals surface area (Å²) in [6, 6.07) is 1.97. The fraction of sp³-hybridized carbons (Fsp3) is 0.455. The molecule has 18 heavy (non-hydrogen) atoms. The van der Waals surface area contributed by atoms with Crippen LogP contribution in [0, 0.1) is 15.9 Å². The van der Waals surface area contributed by atoms with E-state index in [1.165, 1.54) is 13.2 Å². The molecule has 0 aliphatic heterocycles. The third-order valence-electron chi connectivity index (χ3n) is 2.22. The first-order valence-corrected chi connectivity index (χ1v) is 5.45. The average molecular weight is 258 g/mol. The van der Waals surface area contributed by atoms with Gasteiger partial charge >= 0.3 is 5.69 Å². The Labute approximate surface area is 104 Å². The zero-order valence-electron chi connectivity index (χ0n) is 10.2. The van der Waals surface area contributed by atoms with Gasteiger partial charge in [0.25, 0.3) is 0 Å². The third-order valence-corrected chi connectivity index (χ3v) is 2.22. The fourth-order valence-electron chi connectivity index (χ4n) is 1.35. The van der Waals surface area contributed by atoms with Crippen LogP contribution in [-0.4, -0.2) is 31.7 Å². The van der Waals surface area contributed by atoms with E-state index in [1.54, 1.807) is 0 Å². The van der Waals surface area contributed by atoms with Gasteiger partial charge in [-0.1, -0.05) is 6.92 Å². The molecule has 1 aromatic rings. The average Bonchev–Trinajstić information content (AvgIpc) is 2.35. The summed E-state index contributed by atoms with van der Waals surface area (Å²) in [7, 11) is 1.28. The topological polar surface area (TPSA) is 73.6 Å². The van der Waals surface area contributed by atoms with Gasteiger partial charge in [0.1, 0.15) is 6.61 Å². The lowest BCUT2D eigenvalue weighted by Crippen LogP contribution is -2.20. The Bertz CT molecular complexity index is 426. The number of nitro benzene ring substituents is 1. The van der Waals surface area contributed by atoms with Gasteiger partial charge in [0.2, 0.25) is 5.75 Å². The Hall–Kier alpha value is -1.89. The summed E-state index contributed by atoms with van der Waals surface area (Å²) in [5.74, 6) is -0.866. The van der Waals surface area contributed by atoms with Gasteiger partial charge in [-0.2, -0.15) is 0 Å². The molecule has 0 saturated heterocycles. The number of rotatable bonds is 7. The van der Waals surface area contributed by atoms with Crippen LogP contribution in [0.3, 0.4) is 0 Å². The molecule has 0 unspecified atom stereocenters. The molecule has 1 rings (SSSR count). The van der Waals surface area contributed by atoms with E-state index in [0.717, 1.165) is 12.6 Å². The zero-order valence-corrected chi connectivity index (χ0v) is 10.2. The highest BCUT2D eigenvalue weighted by Crippen LogP contribution is 2.33. The summed E-state index contributed by atoms with van der Waals surface area (Å²) in [6.07, 6.45) is 0. The van der Waals surface area contributed by atoms with Gasteiger partial charge in [-0.05, 0) is 6.54 Å². The normalized spacial score (nSPS) is 10.2. The highest BCUT2D eigenvalue weighted by atomic mass is 19.1. The number of hydrogen-bond donors (Lipinski definition) is 1. The summed E-state index contributed by atoms with van der Waals surface area (Å²) in [5, 5.41) is 13.7. The number of ether oxygens (including phenoxy) is 2. The van der Waals surface area contributed by atoms with E-state index >= 15 is 0 Å². The van der Waals surface area contributed by atoms with Gasteiger partial charge in [0.15, 0.2) is 11.6 Å². The Balaban J connectivity index is 2.83. The maximum Gasteiger partial charge on any atom is 0.314 e. The molecule has 0 atom stereocenters. The molecule has 0 heterocycles. The van der Waals surface area contributed by atoms with Crippen LogP contribution in [0.5, 0.6) is 11.5 Å². The van der Waals surface area contributed by atoms with Crippen molar-refractivity contribution in [2.75, 3.05) is 26.8 Å². The molecule has 0 radical (unpaired) electrons. The molecule has 0 fully saturated rings. The van der Waals surface area contributed by atoms with Gasteiger partial charge < -0.3 is 14.8 Å². The highest BCUT2D eigenvalue weighted by Gasteiger charge is 2.19. The van der Waals surface area contributed by atoms with Crippen molar-refractivity contribution in [1.29, 1.82) is 0 Å². The van der Waals surface area contributed by atoms with Crippen molar-refractivity contribution < 1.29 is 18.8 Å². The maximum absolute atomic E-state index is 13.5. The predicted octanol–water partition coefficient (Wildman–Crippen LogP) is 1.73. The van der Waals surface area contributed by atoms with Gasteiger partial charge in [0, 0.05) is 12.6 Å². The van der Waals surface area contributed by atoms with Gasteiger partial charge in [-0.15, -0.1) is 0 Å². The standard InChI is InChI=1S/C11H15FN2O4/c1-3-13-4-5-18-10-7-11(17-2)9(14(15)16)6-8(10)12/h6-7,13H,3-5H2,1-2H3. The Morgan fingerprint density at radius 2 is 2.17 bits per heavy atom. The molecule has 0 aliphatic carbocycles. The number of benzene rings is 1. The second-order valence-corrected chi connectivity index (χ2v) is 3.41. The van der Waals surface area contributed by atoms with Crippen LogP contribution < -0.4 is 14.8 Å². The largest absolute Gasteiger partial charge is 0.490 e. The summed E-state index contributed by atoms with van der Waals surface area (Å²) >= 11 is 0. The number of hydrogen-bond acceptors (Lipinski definition) is 5. The van der Waals surface area contributed by atoms with E-state index in [1.807, 2.05) is 6.92 Å². The molecule has 100 valence electrons. The number of nitrogens with one attached hydrogen (secondary N) is 1. The third kappa shape index (κ3) is 3.56. The first-order chi connectivity index (χ1) is 8.60. The molecule has 0 bridgehead atoms. The molecule has 1 N–H and O–H groups in total. The van der Waals surface area contributed by atoms with Crippen molar-refractivity contribution in [3.63, 3.8) is 0 Å². The Morgan fingerprint density at radius 3 is 2.72 bits per heavy atom. The summed E-state index contributed by atoms with van der Waals surface area (Å²) in [6.45, 7) is 3.56. The van der Waals surface area contributed by atoms with Crippen LogP contribution >= 0.6 is 0 Å². The molecule has 0 aromatic heterocycles. The lowest BCUT2D eigenvalue weighted by Gasteiger charge is -2.09. The molecule has 0 aliphatic rings. The summed E-state index contributed by atoms with van der Waals surface area (Å²) in [4.78, 5) is 9.95. The lowest BCUT2D eigenvalue weighted by molar-refractivity contribution is -0.386. The molecule has 6 nitrogen and oxygen atoms in total. The number of likely N-dealkylation sites (N-methyl/N-ethyl adjacent to an activating group) is 1. The van der Waals surface area contributed by atoms with Crippen LogP contribution in [0.2, 0.25) is 0 Å². The zero-order chi connectivity index (χ0) is 13.5. The molecule has 1 aromatic carbocycles. The monoisotopic (exact) mass is 258 g/mol. The molecular formula is C11H15FN2O4. The van der Waals surface area contributed by atoms with E-state index in [-0.39, 0.29) is 18.1 Å². The van der Waals surface area contributed by atoms with Crippen molar-refractivity contribution in [3.05, 3.63) is 28.1 Å². The number of nitrogens with zero attached hydrogens (tertiary/aromatic N) is 1. The molecule has 0 saturated carbocycles. The van der Waals surface area contributed by atoms with Crippen molar-refractivity contribution in [3.8, 4) is 11.5 Å². The van der Waals surface area contributed by atoms with Crippen molar-refractivity contribution >= 4 is 5.69 Å². The van der Waals surface area contributed by atoms with Gasteiger partial charge in [0.05, 0.1) is 18.1 Å². The quantitative estimate of drug-likeness (QED) is 0.458. The molecular weight excluding hydrogens is 243 g/mol. The van der Waals surface area contributed by atoms with E-state index < -0.39 is 16.4 Å². The second kappa shape index (κ2) is 6.75. The van der Waals surface area contributed by atoms with E-state index in [4.69, 9.17) is 9.47 Å². The van der Waals surface area contributed by atoms with E-state index in [0.29, 0.717) is 6.54 Å². The number of nitro groups is 1. The maximum atomic E-state index is 13.5. The van der Waals surface area contributed by atoms with Crippen LogP contribution in [0.1, 0.15) is 6.92 Å². The summed E-state index contributed by atoms with van der Waals surface area (Å²) < 4.78 is 23.5. The van der Waals surface area contributed by atoms with Gasteiger partial charge in [-0.25, -0.2) is 4.39 Å². The molecule has 7 heteroatoms. The number of methoxy groups -OCH3 is 1. The van der Waals surface area contributed by atoms with Crippen LogP contribution in [0.4, 0.5) is 10.1 Å². The Kier molecular flexibility index (Phi) is 5.31. The van der Waals surface area contributed by atoms with Gasteiger partial charge in [-0.3, -0.25) is 10.1 Å². The van der Waals surface area contributed by atoms with Crippen LogP contribution in [0.15, 0.2) is 12.1 Å². The first-order valence-electron chi connectivity index (χ1n) is 5.45. The number of halogens is 1. The Morgan fingerprint density at radius 1 is 1.44 bits per heavy atom. The first kappa shape index (κ1) is 14.2. The summed E-state index contributed by atoms with van der Waals surface area (Å²) in [5.41, 5.74) is -0.422. The molecule has 0 amide bonds. The minimum Gasteiger partial charge on any atom is -0.490 e. The fourth-order valence-corrected chi connectivity index (χ4v) is 1.35. The van der Waals surface area contributed by atoms with Crippen molar-refractivity contribution in [1.82, 2.24) is 5.32 Å². The highest BCUT2D eigenvalue weighted by molar-refractivity contribution is 5.51. The van der Waals surface area contributed by atoms with E-state index in [9.17, 15) is 14.5 Å². The van der Waals surface area contributed by atoms with Crippen LogP contribution in [-0.2, 0) is 0 Å². The predicted molar refractivity (Wildman–Crippen MR) is 63.6 cm³/mol. The van der Waals surface area contributed by atoms with Crippen molar-refractivity contribution in [2.24, 2.45) is 0 Å². The van der Waals surface area contributed by atoms with E-state index in [2.05, 4.69) is 5.32 Å². The minimum atomic E-state index is -0.779. The molecule has 0 spiro atoms.